The highest BCUT2D eigenvalue weighted by Gasteiger charge is 1.85. The Hall–Kier alpha value is -0.780. The van der Waals surface area contributed by atoms with Crippen LogP contribution in [0.3, 0.4) is 0 Å². The van der Waals surface area contributed by atoms with Crippen molar-refractivity contribution in [2.24, 2.45) is 5.73 Å². The average Bonchev–Trinajstić information content (AvgIpc) is 2.09. The predicted molar refractivity (Wildman–Crippen MR) is 54.7 cm³/mol. The molecule has 0 aliphatic rings. The molecule has 0 unspecified atom stereocenters. The van der Waals surface area contributed by atoms with Crippen molar-refractivity contribution in [2.75, 3.05) is 6.54 Å². The molecule has 0 atom stereocenters. The summed E-state index contributed by atoms with van der Waals surface area (Å²) in [5.74, 6) is 6.00. The molecule has 0 aliphatic heterocycles. The summed E-state index contributed by atoms with van der Waals surface area (Å²) < 4.78 is 1.08. The Kier molecular flexibility index (Phi) is 3.86. The van der Waals surface area contributed by atoms with E-state index in [2.05, 4.69) is 27.8 Å². The summed E-state index contributed by atoms with van der Waals surface area (Å²) in [6, 6.07) is 7.92. The summed E-state index contributed by atoms with van der Waals surface area (Å²) in [6.45, 7) is 0.629. The van der Waals surface area contributed by atoms with E-state index in [1.165, 1.54) is 0 Å². The van der Waals surface area contributed by atoms with E-state index in [0.29, 0.717) is 6.54 Å². The molecule has 62 valence electrons. The minimum Gasteiger partial charge on any atom is -0.330 e. The van der Waals surface area contributed by atoms with E-state index in [4.69, 9.17) is 5.73 Å². The van der Waals surface area contributed by atoms with E-state index in [9.17, 15) is 0 Å². The summed E-state index contributed by atoms with van der Waals surface area (Å²) in [7, 11) is 0. The monoisotopic (exact) mass is 223 g/mol. The van der Waals surface area contributed by atoms with Crippen LogP contribution < -0.4 is 5.73 Å². The molecule has 1 aromatic rings. The highest BCUT2D eigenvalue weighted by Crippen LogP contribution is 2.09. The van der Waals surface area contributed by atoms with E-state index in [0.717, 1.165) is 16.5 Å². The van der Waals surface area contributed by atoms with Gasteiger partial charge in [0.05, 0.1) is 0 Å². The lowest BCUT2D eigenvalue weighted by atomic mass is 10.2. The standard InChI is InChI=1S/C10H10BrN/c11-10-6-4-9(5-7-10)3-1-2-8-12/h4-7H,2,8,12H2. The van der Waals surface area contributed by atoms with Crippen molar-refractivity contribution in [1.82, 2.24) is 0 Å². The van der Waals surface area contributed by atoms with Crippen LogP contribution in [0.4, 0.5) is 0 Å². The largest absolute Gasteiger partial charge is 0.330 e. The Balaban J connectivity index is 2.66. The van der Waals surface area contributed by atoms with Gasteiger partial charge in [-0.25, -0.2) is 0 Å². The zero-order chi connectivity index (χ0) is 8.81. The number of halogens is 1. The fourth-order valence-corrected chi connectivity index (χ4v) is 1.03. The molecule has 0 saturated carbocycles. The van der Waals surface area contributed by atoms with Crippen LogP contribution in [0.25, 0.3) is 0 Å². The fraction of sp³-hybridized carbons (Fsp3) is 0.200. The van der Waals surface area contributed by atoms with E-state index < -0.39 is 0 Å². The molecular weight excluding hydrogens is 214 g/mol. The van der Waals surface area contributed by atoms with Gasteiger partial charge in [-0.2, -0.15) is 0 Å². The van der Waals surface area contributed by atoms with Crippen molar-refractivity contribution < 1.29 is 0 Å². The molecule has 0 fully saturated rings. The first-order chi connectivity index (χ1) is 5.83. The van der Waals surface area contributed by atoms with Crippen molar-refractivity contribution in [3.05, 3.63) is 34.3 Å². The molecule has 0 spiro atoms. The summed E-state index contributed by atoms with van der Waals surface area (Å²) in [6.07, 6.45) is 0.760. The Morgan fingerprint density at radius 2 is 1.92 bits per heavy atom. The van der Waals surface area contributed by atoms with Gasteiger partial charge in [0.25, 0.3) is 0 Å². The van der Waals surface area contributed by atoms with Crippen LogP contribution in [0.5, 0.6) is 0 Å². The lowest BCUT2D eigenvalue weighted by Gasteiger charge is -1.89. The third-order valence-electron chi connectivity index (χ3n) is 1.35. The maximum absolute atomic E-state index is 5.31. The number of benzene rings is 1. The normalized spacial score (nSPS) is 8.83. The van der Waals surface area contributed by atoms with Crippen LogP contribution in [0.2, 0.25) is 0 Å². The van der Waals surface area contributed by atoms with Gasteiger partial charge in [0.15, 0.2) is 0 Å². The van der Waals surface area contributed by atoms with Gasteiger partial charge in [-0.05, 0) is 24.3 Å². The zero-order valence-electron chi connectivity index (χ0n) is 6.68. The molecule has 1 nitrogen and oxygen atoms in total. The Bertz CT molecular complexity index is 292. The molecule has 2 N–H and O–H groups in total. The maximum Gasteiger partial charge on any atom is 0.0246 e. The van der Waals surface area contributed by atoms with Gasteiger partial charge in [0.1, 0.15) is 0 Å². The Morgan fingerprint density at radius 1 is 1.25 bits per heavy atom. The fourth-order valence-electron chi connectivity index (χ4n) is 0.770. The molecule has 1 rings (SSSR count). The highest BCUT2D eigenvalue weighted by molar-refractivity contribution is 9.10. The molecule has 1 aromatic carbocycles. The Morgan fingerprint density at radius 3 is 2.50 bits per heavy atom. The molecule has 0 saturated heterocycles. The molecule has 0 radical (unpaired) electrons. The first kappa shape index (κ1) is 9.31. The van der Waals surface area contributed by atoms with Crippen LogP contribution in [0, 0.1) is 11.8 Å². The topological polar surface area (TPSA) is 26.0 Å². The first-order valence-corrected chi connectivity index (χ1v) is 4.57. The van der Waals surface area contributed by atoms with Gasteiger partial charge in [-0.3, -0.25) is 0 Å². The van der Waals surface area contributed by atoms with E-state index in [-0.39, 0.29) is 0 Å². The zero-order valence-corrected chi connectivity index (χ0v) is 8.26. The summed E-state index contributed by atoms with van der Waals surface area (Å²) in [4.78, 5) is 0. The minimum atomic E-state index is 0.629. The number of hydrogen-bond acceptors (Lipinski definition) is 1. The second-order valence-electron chi connectivity index (χ2n) is 2.35. The van der Waals surface area contributed by atoms with Crippen LogP contribution in [0.15, 0.2) is 28.7 Å². The number of nitrogens with two attached hydrogens (primary N) is 1. The van der Waals surface area contributed by atoms with Crippen molar-refractivity contribution >= 4 is 15.9 Å². The maximum atomic E-state index is 5.31. The molecule has 2 heteroatoms. The predicted octanol–water partition coefficient (Wildman–Crippen LogP) is 2.15. The van der Waals surface area contributed by atoms with Crippen LogP contribution in [0.1, 0.15) is 12.0 Å². The summed E-state index contributed by atoms with van der Waals surface area (Å²) in [5, 5.41) is 0. The average molecular weight is 224 g/mol. The molecule has 0 aromatic heterocycles. The van der Waals surface area contributed by atoms with Crippen LogP contribution in [-0.4, -0.2) is 6.54 Å². The molecule has 12 heavy (non-hydrogen) atoms. The van der Waals surface area contributed by atoms with Gasteiger partial charge in [0, 0.05) is 23.0 Å². The molecule has 0 amide bonds. The highest BCUT2D eigenvalue weighted by atomic mass is 79.9. The second-order valence-corrected chi connectivity index (χ2v) is 3.26. The van der Waals surface area contributed by atoms with E-state index >= 15 is 0 Å². The van der Waals surface area contributed by atoms with Crippen molar-refractivity contribution in [3.8, 4) is 11.8 Å². The van der Waals surface area contributed by atoms with Gasteiger partial charge >= 0.3 is 0 Å². The first-order valence-electron chi connectivity index (χ1n) is 3.77. The lowest BCUT2D eigenvalue weighted by Crippen LogP contribution is -1.95. The molecular formula is C10H10BrN. The van der Waals surface area contributed by atoms with E-state index in [1.807, 2.05) is 24.3 Å². The summed E-state index contributed by atoms with van der Waals surface area (Å²) >= 11 is 3.36. The van der Waals surface area contributed by atoms with Crippen molar-refractivity contribution in [3.63, 3.8) is 0 Å². The van der Waals surface area contributed by atoms with Gasteiger partial charge in [0.2, 0.25) is 0 Å². The Labute approximate surface area is 81.1 Å². The van der Waals surface area contributed by atoms with Crippen LogP contribution >= 0.6 is 15.9 Å². The van der Waals surface area contributed by atoms with Gasteiger partial charge < -0.3 is 5.73 Å². The van der Waals surface area contributed by atoms with E-state index in [1.54, 1.807) is 0 Å². The quantitative estimate of drug-likeness (QED) is 0.726. The van der Waals surface area contributed by atoms with Crippen molar-refractivity contribution in [1.29, 1.82) is 0 Å². The number of rotatable bonds is 1. The van der Waals surface area contributed by atoms with Gasteiger partial charge in [-0.15, -0.1) is 0 Å². The smallest absolute Gasteiger partial charge is 0.0246 e. The third-order valence-corrected chi connectivity index (χ3v) is 1.87. The van der Waals surface area contributed by atoms with Gasteiger partial charge in [-0.1, -0.05) is 27.8 Å². The van der Waals surface area contributed by atoms with Crippen molar-refractivity contribution in [2.45, 2.75) is 6.42 Å². The minimum absolute atomic E-state index is 0.629. The molecule has 0 heterocycles. The SMILES string of the molecule is NCCC#Cc1ccc(Br)cc1. The second kappa shape index (κ2) is 4.97. The molecule has 0 aliphatic carbocycles. The lowest BCUT2D eigenvalue weighted by molar-refractivity contribution is 1.03. The number of hydrogen-bond donors (Lipinski definition) is 1. The molecule has 0 bridgehead atoms. The third kappa shape index (κ3) is 3.08. The summed E-state index contributed by atoms with van der Waals surface area (Å²) in [5.41, 5.74) is 6.34. The van der Waals surface area contributed by atoms with Crippen LogP contribution in [-0.2, 0) is 0 Å².